The van der Waals surface area contributed by atoms with Crippen LogP contribution in [0.2, 0.25) is 0 Å². The van der Waals surface area contributed by atoms with Crippen molar-refractivity contribution < 1.29 is 33.4 Å². The molecule has 0 bridgehead atoms. The Labute approximate surface area is 172 Å². The van der Waals surface area contributed by atoms with E-state index in [0.29, 0.717) is 26.1 Å². The summed E-state index contributed by atoms with van der Waals surface area (Å²) < 4.78 is 15.3. The van der Waals surface area contributed by atoms with Gasteiger partial charge in [-0.3, -0.25) is 14.4 Å². The molecule has 0 fully saturated rings. The Balaban J connectivity index is 4.22. The predicted molar refractivity (Wildman–Crippen MR) is 106 cm³/mol. The minimum atomic E-state index is -0.607. The fraction of sp³-hybridized carbons (Fsp3) is 0.789. The number of ether oxygens (including phenoxy) is 3. The number of alkyl carbamates (subject to hydrolysis) is 1. The molecule has 10 nitrogen and oxygen atoms in total. The van der Waals surface area contributed by atoms with Gasteiger partial charge in [0.1, 0.15) is 12.2 Å². The first-order valence-electron chi connectivity index (χ1n) is 9.68. The first-order valence-corrected chi connectivity index (χ1v) is 9.68. The number of hydrogen-bond donors (Lipinski definition) is 2. The Kier molecular flexibility index (Phi) is 13.4. The van der Waals surface area contributed by atoms with Crippen molar-refractivity contribution in [2.75, 3.05) is 46.5 Å². The lowest BCUT2D eigenvalue weighted by Gasteiger charge is -2.23. The van der Waals surface area contributed by atoms with Crippen LogP contribution in [0.3, 0.4) is 0 Å². The third-order valence-electron chi connectivity index (χ3n) is 3.48. The monoisotopic (exact) mass is 417 g/mol. The van der Waals surface area contributed by atoms with Crippen LogP contribution in [-0.4, -0.2) is 80.9 Å². The summed E-state index contributed by atoms with van der Waals surface area (Å²) in [5, 5.41) is 5.14. The molecule has 0 aromatic carbocycles. The van der Waals surface area contributed by atoms with Gasteiger partial charge in [-0.2, -0.15) is 0 Å². The van der Waals surface area contributed by atoms with Crippen molar-refractivity contribution in [3.8, 4) is 0 Å². The number of nitrogens with zero attached hydrogens (tertiary/aromatic N) is 1. The van der Waals surface area contributed by atoms with E-state index in [1.54, 1.807) is 20.8 Å². The van der Waals surface area contributed by atoms with Gasteiger partial charge in [0, 0.05) is 46.5 Å². The van der Waals surface area contributed by atoms with Crippen LogP contribution in [-0.2, 0) is 28.6 Å². The number of esters is 1. The second kappa shape index (κ2) is 14.6. The lowest BCUT2D eigenvalue weighted by atomic mass is 10.2. The van der Waals surface area contributed by atoms with E-state index in [-0.39, 0.29) is 50.3 Å². The standard InChI is InChI=1S/C19H35N3O7/c1-15(23)20-9-6-7-17(25)28-14-12-22(11-13-27-5)16(24)8-10-21-18(26)29-19(2,3)4/h6-14H2,1-5H3,(H,20,23)(H,21,26). The first kappa shape index (κ1) is 26.6. The largest absolute Gasteiger partial charge is 0.464 e. The predicted octanol–water partition coefficient (Wildman–Crippen LogP) is 0.836. The van der Waals surface area contributed by atoms with Crippen molar-refractivity contribution in [3.63, 3.8) is 0 Å². The SMILES string of the molecule is COCCN(CCOC(=O)CCCNC(C)=O)C(=O)CCNC(=O)OC(C)(C)C. The van der Waals surface area contributed by atoms with Gasteiger partial charge in [-0.25, -0.2) is 4.79 Å². The molecule has 3 amide bonds. The Hall–Kier alpha value is -2.36. The molecule has 0 aliphatic rings. The van der Waals surface area contributed by atoms with E-state index in [4.69, 9.17) is 14.2 Å². The number of nitrogens with one attached hydrogen (secondary N) is 2. The van der Waals surface area contributed by atoms with Gasteiger partial charge in [-0.05, 0) is 27.2 Å². The fourth-order valence-electron chi connectivity index (χ4n) is 2.15. The average molecular weight is 418 g/mol. The summed E-state index contributed by atoms with van der Waals surface area (Å²) in [6.45, 7) is 8.21. The van der Waals surface area contributed by atoms with Crippen LogP contribution in [0, 0.1) is 0 Å². The second-order valence-electron chi connectivity index (χ2n) is 7.36. The topological polar surface area (TPSA) is 123 Å². The Morgan fingerprint density at radius 1 is 0.931 bits per heavy atom. The van der Waals surface area contributed by atoms with Crippen molar-refractivity contribution in [1.29, 1.82) is 0 Å². The van der Waals surface area contributed by atoms with Crippen LogP contribution >= 0.6 is 0 Å². The van der Waals surface area contributed by atoms with Gasteiger partial charge in [-0.1, -0.05) is 0 Å². The quantitative estimate of drug-likeness (QED) is 0.336. The highest BCUT2D eigenvalue weighted by Crippen LogP contribution is 2.06. The molecular formula is C19H35N3O7. The lowest BCUT2D eigenvalue weighted by Crippen LogP contribution is -2.39. The summed E-state index contributed by atoms with van der Waals surface area (Å²) >= 11 is 0. The third-order valence-corrected chi connectivity index (χ3v) is 3.48. The molecule has 0 radical (unpaired) electrons. The van der Waals surface area contributed by atoms with Crippen LogP contribution in [0.25, 0.3) is 0 Å². The number of rotatable bonds is 13. The molecule has 0 saturated heterocycles. The van der Waals surface area contributed by atoms with E-state index in [1.807, 2.05) is 0 Å². The van der Waals surface area contributed by atoms with Crippen molar-refractivity contribution in [1.82, 2.24) is 15.5 Å². The molecule has 0 heterocycles. The van der Waals surface area contributed by atoms with Gasteiger partial charge < -0.3 is 29.7 Å². The maximum absolute atomic E-state index is 12.4. The maximum Gasteiger partial charge on any atom is 0.407 e. The smallest absolute Gasteiger partial charge is 0.407 e. The van der Waals surface area contributed by atoms with E-state index in [1.165, 1.54) is 18.9 Å². The lowest BCUT2D eigenvalue weighted by molar-refractivity contribution is -0.146. The van der Waals surface area contributed by atoms with Gasteiger partial charge in [-0.15, -0.1) is 0 Å². The highest BCUT2D eigenvalue weighted by atomic mass is 16.6. The molecule has 0 atom stereocenters. The van der Waals surface area contributed by atoms with Gasteiger partial charge >= 0.3 is 12.1 Å². The summed E-state index contributed by atoms with van der Waals surface area (Å²) in [7, 11) is 1.53. The third kappa shape index (κ3) is 16.3. The van der Waals surface area contributed by atoms with Crippen molar-refractivity contribution in [2.24, 2.45) is 0 Å². The molecule has 10 heteroatoms. The normalized spacial score (nSPS) is 10.8. The van der Waals surface area contributed by atoms with Crippen LogP contribution in [0.4, 0.5) is 4.79 Å². The van der Waals surface area contributed by atoms with E-state index in [9.17, 15) is 19.2 Å². The number of hydrogen-bond acceptors (Lipinski definition) is 7. The Morgan fingerprint density at radius 2 is 1.59 bits per heavy atom. The number of methoxy groups -OCH3 is 1. The van der Waals surface area contributed by atoms with Crippen molar-refractivity contribution in [3.05, 3.63) is 0 Å². The van der Waals surface area contributed by atoms with Crippen molar-refractivity contribution >= 4 is 23.9 Å². The molecule has 0 unspecified atom stereocenters. The van der Waals surface area contributed by atoms with Crippen LogP contribution in [0.1, 0.15) is 47.0 Å². The van der Waals surface area contributed by atoms with Gasteiger partial charge in [0.25, 0.3) is 0 Å². The number of carbonyl (C=O) groups is 4. The first-order chi connectivity index (χ1) is 13.5. The second-order valence-corrected chi connectivity index (χ2v) is 7.36. The summed E-state index contributed by atoms with van der Waals surface area (Å²) in [6, 6.07) is 0. The summed E-state index contributed by atoms with van der Waals surface area (Å²) in [5.74, 6) is -0.729. The van der Waals surface area contributed by atoms with Crippen LogP contribution < -0.4 is 10.6 Å². The average Bonchev–Trinajstić information content (AvgIpc) is 2.59. The molecule has 0 aliphatic carbocycles. The van der Waals surface area contributed by atoms with E-state index >= 15 is 0 Å². The molecule has 0 saturated carbocycles. The van der Waals surface area contributed by atoms with E-state index in [2.05, 4.69) is 10.6 Å². The molecule has 0 rings (SSSR count). The molecule has 0 aliphatic heterocycles. The molecule has 0 spiro atoms. The number of amides is 3. The van der Waals surface area contributed by atoms with Crippen LogP contribution in [0.5, 0.6) is 0 Å². The zero-order valence-corrected chi connectivity index (χ0v) is 18.2. The maximum atomic E-state index is 12.4. The fourth-order valence-corrected chi connectivity index (χ4v) is 2.15. The summed E-state index contributed by atoms with van der Waals surface area (Å²) in [5.41, 5.74) is -0.607. The summed E-state index contributed by atoms with van der Waals surface area (Å²) in [4.78, 5) is 47.9. The highest BCUT2D eigenvalue weighted by Gasteiger charge is 2.17. The zero-order valence-electron chi connectivity index (χ0n) is 18.2. The van der Waals surface area contributed by atoms with Gasteiger partial charge in [0.2, 0.25) is 11.8 Å². The van der Waals surface area contributed by atoms with Gasteiger partial charge in [0.05, 0.1) is 13.2 Å². The minimum Gasteiger partial charge on any atom is -0.464 e. The molecule has 168 valence electrons. The van der Waals surface area contributed by atoms with E-state index < -0.39 is 11.7 Å². The Bertz CT molecular complexity index is 532. The van der Waals surface area contributed by atoms with Crippen LogP contribution in [0.15, 0.2) is 0 Å². The summed E-state index contributed by atoms with van der Waals surface area (Å²) in [6.07, 6.45) is 0.183. The zero-order chi connectivity index (χ0) is 22.3. The number of carbonyl (C=O) groups excluding carboxylic acids is 4. The molecule has 29 heavy (non-hydrogen) atoms. The Morgan fingerprint density at radius 3 is 2.17 bits per heavy atom. The molecular weight excluding hydrogens is 382 g/mol. The molecule has 0 aromatic rings. The highest BCUT2D eigenvalue weighted by molar-refractivity contribution is 5.77. The van der Waals surface area contributed by atoms with Gasteiger partial charge in [0.15, 0.2) is 0 Å². The van der Waals surface area contributed by atoms with Crippen molar-refractivity contribution in [2.45, 2.75) is 52.6 Å². The van der Waals surface area contributed by atoms with E-state index in [0.717, 1.165) is 0 Å². The molecule has 2 N–H and O–H groups in total. The minimum absolute atomic E-state index is 0.0634. The molecule has 0 aromatic heterocycles.